The minimum Gasteiger partial charge on any atom is -0.275 e. The second kappa shape index (κ2) is 5.97. The molecule has 0 amide bonds. The van der Waals surface area contributed by atoms with E-state index in [0.717, 1.165) is 34.7 Å². The van der Waals surface area contributed by atoms with Gasteiger partial charge in [-0.3, -0.25) is 9.36 Å². The minimum atomic E-state index is 0.733. The fourth-order valence-corrected chi connectivity index (χ4v) is 2.87. The van der Waals surface area contributed by atoms with Gasteiger partial charge in [-0.1, -0.05) is 37.1 Å². The Balaban J connectivity index is 2.21. The van der Waals surface area contributed by atoms with Crippen molar-refractivity contribution < 1.29 is 0 Å². The van der Waals surface area contributed by atoms with E-state index in [1.54, 1.807) is 0 Å². The Morgan fingerprint density at radius 3 is 2.41 bits per heavy atom. The van der Waals surface area contributed by atoms with Gasteiger partial charge in [0, 0.05) is 47.7 Å². The molecule has 0 N–H and O–H groups in total. The number of aryl methyl sites for hydroxylation is 2. The fourth-order valence-electron chi connectivity index (χ4n) is 2.75. The van der Waals surface area contributed by atoms with Crippen molar-refractivity contribution in [3.63, 3.8) is 0 Å². The molecule has 0 fully saturated rings. The summed E-state index contributed by atoms with van der Waals surface area (Å²) in [6, 6.07) is 7.83. The van der Waals surface area contributed by atoms with E-state index >= 15 is 0 Å². The van der Waals surface area contributed by atoms with Crippen molar-refractivity contribution in [1.29, 1.82) is 0 Å². The summed E-state index contributed by atoms with van der Waals surface area (Å²) in [6.45, 7) is 2.18. The molecular weight excluding hydrogens is 296 g/mol. The molecule has 0 atom stereocenters. The first-order valence-electron chi connectivity index (χ1n) is 7.41. The van der Waals surface area contributed by atoms with Gasteiger partial charge in [-0.05, 0) is 18.6 Å². The van der Waals surface area contributed by atoms with E-state index in [2.05, 4.69) is 12.0 Å². The lowest BCUT2D eigenvalue weighted by molar-refractivity contribution is 0.700. The number of benzene rings is 1. The minimum absolute atomic E-state index is 0.733. The third kappa shape index (κ3) is 2.66. The second-order valence-corrected chi connectivity index (χ2v) is 5.89. The first kappa shape index (κ1) is 14.9. The number of rotatable bonds is 4. The lowest BCUT2D eigenvalue weighted by Gasteiger charge is -2.05. The molecule has 0 spiro atoms. The van der Waals surface area contributed by atoms with Crippen molar-refractivity contribution in [1.82, 2.24) is 19.6 Å². The van der Waals surface area contributed by atoms with Crippen LogP contribution in [0, 0.1) is 0 Å². The van der Waals surface area contributed by atoms with E-state index in [1.807, 2.05) is 60.1 Å². The Morgan fingerprint density at radius 1 is 1.09 bits per heavy atom. The molecule has 1 aromatic carbocycles. The van der Waals surface area contributed by atoms with Crippen LogP contribution in [-0.4, -0.2) is 19.6 Å². The van der Waals surface area contributed by atoms with Crippen molar-refractivity contribution in [2.45, 2.75) is 19.8 Å². The molecule has 2 heterocycles. The Bertz CT molecular complexity index is 784. The van der Waals surface area contributed by atoms with E-state index in [0.29, 0.717) is 0 Å². The van der Waals surface area contributed by atoms with Crippen LogP contribution in [0.4, 0.5) is 0 Å². The predicted octanol–water partition coefficient (Wildman–Crippen LogP) is 4.09. The van der Waals surface area contributed by atoms with Crippen LogP contribution in [-0.2, 0) is 20.5 Å². The Kier molecular flexibility index (Phi) is 4.03. The summed E-state index contributed by atoms with van der Waals surface area (Å²) >= 11 is 6.01. The van der Waals surface area contributed by atoms with Gasteiger partial charge in [0.1, 0.15) is 5.69 Å². The third-order valence-corrected chi connectivity index (χ3v) is 4.02. The molecule has 0 aliphatic rings. The zero-order valence-electron chi connectivity index (χ0n) is 13.0. The van der Waals surface area contributed by atoms with Crippen LogP contribution in [0.2, 0.25) is 5.02 Å². The zero-order chi connectivity index (χ0) is 15.7. The summed E-state index contributed by atoms with van der Waals surface area (Å²) in [7, 11) is 3.94. The van der Waals surface area contributed by atoms with E-state index in [-0.39, 0.29) is 0 Å². The van der Waals surface area contributed by atoms with Crippen LogP contribution in [0.3, 0.4) is 0 Å². The normalized spacial score (nSPS) is 11.1. The van der Waals surface area contributed by atoms with Crippen LogP contribution in [0.5, 0.6) is 0 Å². The highest BCUT2D eigenvalue weighted by Gasteiger charge is 2.19. The van der Waals surface area contributed by atoms with Gasteiger partial charge in [-0.15, -0.1) is 0 Å². The van der Waals surface area contributed by atoms with E-state index in [1.165, 1.54) is 11.3 Å². The second-order valence-electron chi connectivity index (χ2n) is 5.45. The molecule has 0 aliphatic heterocycles. The largest absolute Gasteiger partial charge is 0.275 e. The van der Waals surface area contributed by atoms with Crippen molar-refractivity contribution in [3.05, 3.63) is 47.4 Å². The average Bonchev–Trinajstić information content (AvgIpc) is 3.05. The standard InChI is InChI=1S/C17H19ClN4/c1-4-5-15-16(13-10-19-21(2)11-13)17(20-22(15)3)12-6-8-14(18)9-7-12/h6-11H,4-5H2,1-3H3. The van der Waals surface area contributed by atoms with Gasteiger partial charge in [-0.2, -0.15) is 10.2 Å². The van der Waals surface area contributed by atoms with Crippen LogP contribution in [0.15, 0.2) is 36.7 Å². The quantitative estimate of drug-likeness (QED) is 0.727. The fraction of sp³-hybridized carbons (Fsp3) is 0.294. The maximum absolute atomic E-state index is 6.01. The topological polar surface area (TPSA) is 35.6 Å². The maximum Gasteiger partial charge on any atom is 0.101 e. The predicted molar refractivity (Wildman–Crippen MR) is 89.9 cm³/mol. The Morgan fingerprint density at radius 2 is 1.82 bits per heavy atom. The molecule has 0 bridgehead atoms. The molecule has 0 aliphatic carbocycles. The molecule has 0 saturated heterocycles. The summed E-state index contributed by atoms with van der Waals surface area (Å²) in [6.07, 6.45) is 6.00. The van der Waals surface area contributed by atoms with Gasteiger partial charge < -0.3 is 0 Å². The molecule has 0 saturated carbocycles. The van der Waals surface area contributed by atoms with Crippen LogP contribution in [0.25, 0.3) is 22.4 Å². The molecule has 3 rings (SSSR count). The van der Waals surface area contributed by atoms with Crippen molar-refractivity contribution in [2.24, 2.45) is 14.1 Å². The lowest BCUT2D eigenvalue weighted by Crippen LogP contribution is -1.98. The maximum atomic E-state index is 6.01. The monoisotopic (exact) mass is 314 g/mol. The molecule has 0 unspecified atom stereocenters. The number of nitrogens with zero attached hydrogens (tertiary/aromatic N) is 4. The van der Waals surface area contributed by atoms with E-state index in [4.69, 9.17) is 16.7 Å². The molecule has 3 aromatic rings. The van der Waals surface area contributed by atoms with E-state index in [9.17, 15) is 0 Å². The molecule has 4 nitrogen and oxygen atoms in total. The molecule has 114 valence electrons. The van der Waals surface area contributed by atoms with Crippen molar-refractivity contribution in [3.8, 4) is 22.4 Å². The highest BCUT2D eigenvalue weighted by molar-refractivity contribution is 6.30. The number of halogens is 1. The van der Waals surface area contributed by atoms with Crippen molar-refractivity contribution in [2.75, 3.05) is 0 Å². The highest BCUT2D eigenvalue weighted by atomic mass is 35.5. The van der Waals surface area contributed by atoms with Gasteiger partial charge in [0.05, 0.1) is 6.20 Å². The Labute approximate surface area is 135 Å². The van der Waals surface area contributed by atoms with Crippen LogP contribution in [0.1, 0.15) is 19.0 Å². The van der Waals surface area contributed by atoms with Crippen LogP contribution >= 0.6 is 11.6 Å². The zero-order valence-corrected chi connectivity index (χ0v) is 13.8. The SMILES string of the molecule is CCCc1c(-c2cnn(C)c2)c(-c2ccc(Cl)cc2)nn1C. The average molecular weight is 315 g/mol. The molecular formula is C17H19ClN4. The van der Waals surface area contributed by atoms with E-state index < -0.39 is 0 Å². The highest BCUT2D eigenvalue weighted by Crippen LogP contribution is 2.35. The van der Waals surface area contributed by atoms with Gasteiger partial charge in [0.25, 0.3) is 0 Å². The smallest absolute Gasteiger partial charge is 0.101 e. The summed E-state index contributed by atoms with van der Waals surface area (Å²) in [5, 5.41) is 9.79. The Hall–Kier alpha value is -2.07. The number of hydrogen-bond acceptors (Lipinski definition) is 2. The van der Waals surface area contributed by atoms with Crippen LogP contribution < -0.4 is 0 Å². The summed E-state index contributed by atoms with van der Waals surface area (Å²) in [5.74, 6) is 0. The summed E-state index contributed by atoms with van der Waals surface area (Å²) < 4.78 is 3.81. The first-order valence-corrected chi connectivity index (χ1v) is 7.78. The molecule has 2 aromatic heterocycles. The molecule has 5 heteroatoms. The lowest BCUT2D eigenvalue weighted by atomic mass is 9.99. The van der Waals surface area contributed by atoms with Crippen molar-refractivity contribution >= 4 is 11.6 Å². The molecule has 22 heavy (non-hydrogen) atoms. The van der Waals surface area contributed by atoms with Gasteiger partial charge in [-0.25, -0.2) is 0 Å². The summed E-state index contributed by atoms with van der Waals surface area (Å²) in [4.78, 5) is 0. The van der Waals surface area contributed by atoms with Gasteiger partial charge in [0.2, 0.25) is 0 Å². The number of aromatic nitrogens is 4. The number of hydrogen-bond donors (Lipinski definition) is 0. The third-order valence-electron chi connectivity index (χ3n) is 3.76. The van der Waals surface area contributed by atoms with Gasteiger partial charge >= 0.3 is 0 Å². The first-order chi connectivity index (χ1) is 10.6. The molecule has 0 radical (unpaired) electrons. The van der Waals surface area contributed by atoms with Gasteiger partial charge in [0.15, 0.2) is 0 Å². The summed E-state index contributed by atoms with van der Waals surface area (Å²) in [5.41, 5.74) is 5.56.